The number of aromatic nitrogens is 2. The van der Waals surface area contributed by atoms with Gasteiger partial charge in [-0.3, -0.25) is 14.2 Å². The molecule has 0 radical (unpaired) electrons. The van der Waals surface area contributed by atoms with Crippen molar-refractivity contribution < 1.29 is 9.21 Å². The van der Waals surface area contributed by atoms with Gasteiger partial charge in [-0.05, 0) is 42.0 Å². The first-order valence-electron chi connectivity index (χ1n) is 10.8. The van der Waals surface area contributed by atoms with E-state index in [1.807, 2.05) is 29.2 Å². The standard InChI is InChI=1S/C25H25N3O3/c1-16(2)18-9-7-17(8-10-18)13-28(19-11-12-19)22(29)14-27-15-26-23-20-5-3-4-6-21(20)31-24(23)25(27)30/h3-10,15-16,19H,11-14H2,1-2H3. The molecule has 2 aromatic carbocycles. The van der Waals surface area contributed by atoms with Gasteiger partial charge < -0.3 is 9.32 Å². The minimum Gasteiger partial charge on any atom is -0.448 e. The van der Waals surface area contributed by atoms with Crippen LogP contribution in [0.2, 0.25) is 0 Å². The van der Waals surface area contributed by atoms with Gasteiger partial charge in [-0.15, -0.1) is 0 Å². The van der Waals surface area contributed by atoms with Crippen LogP contribution in [0.25, 0.3) is 22.1 Å². The highest BCUT2D eigenvalue weighted by Crippen LogP contribution is 2.29. The summed E-state index contributed by atoms with van der Waals surface area (Å²) in [6, 6.07) is 16.1. The molecular weight excluding hydrogens is 390 g/mol. The van der Waals surface area contributed by atoms with E-state index in [0.29, 0.717) is 23.6 Å². The number of nitrogens with zero attached hydrogens (tertiary/aromatic N) is 3. The van der Waals surface area contributed by atoms with Crippen molar-refractivity contribution in [1.82, 2.24) is 14.5 Å². The molecule has 1 amide bonds. The van der Waals surface area contributed by atoms with Crippen LogP contribution < -0.4 is 5.56 Å². The van der Waals surface area contributed by atoms with Crippen LogP contribution in [0.15, 0.2) is 64.1 Å². The van der Waals surface area contributed by atoms with E-state index in [2.05, 4.69) is 43.1 Å². The van der Waals surface area contributed by atoms with Crippen molar-refractivity contribution in [2.24, 2.45) is 0 Å². The Kier molecular flexibility index (Phi) is 4.85. The third-order valence-corrected chi connectivity index (χ3v) is 5.96. The molecular formula is C25H25N3O3. The summed E-state index contributed by atoms with van der Waals surface area (Å²) in [6.07, 6.45) is 3.46. The second-order valence-corrected chi connectivity index (χ2v) is 8.60. The fourth-order valence-electron chi connectivity index (χ4n) is 3.98. The Balaban J connectivity index is 1.39. The quantitative estimate of drug-likeness (QED) is 0.466. The number of para-hydroxylation sites is 1. The van der Waals surface area contributed by atoms with Gasteiger partial charge in [0.15, 0.2) is 0 Å². The molecule has 1 saturated carbocycles. The molecule has 1 aliphatic carbocycles. The molecule has 0 aliphatic heterocycles. The summed E-state index contributed by atoms with van der Waals surface area (Å²) in [6.45, 7) is 4.84. The van der Waals surface area contributed by atoms with Gasteiger partial charge in [0, 0.05) is 18.0 Å². The molecule has 0 spiro atoms. The Bertz CT molecular complexity index is 1310. The molecule has 1 aliphatic rings. The van der Waals surface area contributed by atoms with E-state index in [9.17, 15) is 9.59 Å². The normalized spacial score (nSPS) is 13.9. The van der Waals surface area contributed by atoms with Gasteiger partial charge in [-0.25, -0.2) is 4.98 Å². The van der Waals surface area contributed by atoms with Crippen molar-refractivity contribution in [1.29, 1.82) is 0 Å². The zero-order valence-electron chi connectivity index (χ0n) is 17.7. The monoisotopic (exact) mass is 415 g/mol. The predicted molar refractivity (Wildman–Crippen MR) is 120 cm³/mol. The first-order valence-corrected chi connectivity index (χ1v) is 10.8. The maximum atomic E-state index is 13.1. The van der Waals surface area contributed by atoms with Gasteiger partial charge in [0.25, 0.3) is 5.56 Å². The lowest BCUT2D eigenvalue weighted by Crippen LogP contribution is -2.37. The zero-order valence-corrected chi connectivity index (χ0v) is 17.7. The molecule has 4 aromatic rings. The van der Waals surface area contributed by atoms with Crippen molar-refractivity contribution in [3.63, 3.8) is 0 Å². The molecule has 0 unspecified atom stereocenters. The summed E-state index contributed by atoms with van der Waals surface area (Å²) in [7, 11) is 0. The number of carbonyl (C=O) groups excluding carboxylic acids is 1. The highest BCUT2D eigenvalue weighted by Gasteiger charge is 2.32. The van der Waals surface area contributed by atoms with Gasteiger partial charge in [0.2, 0.25) is 11.5 Å². The van der Waals surface area contributed by atoms with E-state index in [0.717, 1.165) is 23.8 Å². The maximum Gasteiger partial charge on any atom is 0.297 e. The molecule has 31 heavy (non-hydrogen) atoms. The molecule has 2 aromatic heterocycles. The van der Waals surface area contributed by atoms with Gasteiger partial charge >= 0.3 is 0 Å². The molecule has 5 rings (SSSR count). The Morgan fingerprint density at radius 2 is 1.90 bits per heavy atom. The predicted octanol–water partition coefficient (Wildman–Crippen LogP) is 4.46. The minimum absolute atomic E-state index is 0.0423. The van der Waals surface area contributed by atoms with Crippen LogP contribution in [-0.4, -0.2) is 26.4 Å². The molecule has 0 bridgehead atoms. The highest BCUT2D eigenvalue weighted by molar-refractivity contribution is 6.01. The number of rotatable bonds is 6. The third-order valence-electron chi connectivity index (χ3n) is 5.96. The van der Waals surface area contributed by atoms with E-state index in [-0.39, 0.29) is 29.6 Å². The number of hydrogen-bond donors (Lipinski definition) is 0. The highest BCUT2D eigenvalue weighted by atomic mass is 16.3. The molecule has 6 heteroatoms. The molecule has 0 N–H and O–H groups in total. The van der Waals surface area contributed by atoms with Crippen LogP contribution in [0, 0.1) is 0 Å². The fourth-order valence-corrected chi connectivity index (χ4v) is 3.98. The topological polar surface area (TPSA) is 68.3 Å². The summed E-state index contributed by atoms with van der Waals surface area (Å²) < 4.78 is 7.08. The van der Waals surface area contributed by atoms with Crippen molar-refractivity contribution >= 4 is 28.0 Å². The van der Waals surface area contributed by atoms with Crippen LogP contribution in [0.1, 0.15) is 43.7 Å². The van der Waals surface area contributed by atoms with Gasteiger partial charge in [0.1, 0.15) is 17.6 Å². The zero-order chi connectivity index (χ0) is 21.5. The summed E-state index contributed by atoms with van der Waals surface area (Å²) in [5, 5.41) is 0.803. The van der Waals surface area contributed by atoms with Gasteiger partial charge in [-0.1, -0.05) is 50.2 Å². The van der Waals surface area contributed by atoms with E-state index < -0.39 is 0 Å². The number of benzene rings is 2. The first-order chi connectivity index (χ1) is 15.0. The number of furan rings is 1. The number of fused-ring (bicyclic) bond motifs is 3. The molecule has 1 fully saturated rings. The summed E-state index contributed by atoms with van der Waals surface area (Å²) in [5.41, 5.74) is 3.40. The van der Waals surface area contributed by atoms with E-state index in [1.54, 1.807) is 0 Å². The van der Waals surface area contributed by atoms with Crippen molar-refractivity contribution in [3.8, 4) is 0 Å². The second kappa shape index (κ2) is 7.69. The Morgan fingerprint density at radius 1 is 1.16 bits per heavy atom. The van der Waals surface area contributed by atoms with Crippen LogP contribution in [0.3, 0.4) is 0 Å². The molecule has 2 heterocycles. The van der Waals surface area contributed by atoms with E-state index >= 15 is 0 Å². The minimum atomic E-state index is -0.327. The Labute approximate surface area is 180 Å². The summed E-state index contributed by atoms with van der Waals surface area (Å²) in [4.78, 5) is 32.4. The lowest BCUT2D eigenvalue weighted by molar-refractivity contribution is -0.133. The Morgan fingerprint density at radius 3 is 2.61 bits per heavy atom. The van der Waals surface area contributed by atoms with Crippen LogP contribution in [-0.2, 0) is 17.9 Å². The van der Waals surface area contributed by atoms with E-state index in [1.165, 1.54) is 16.5 Å². The molecule has 0 atom stereocenters. The van der Waals surface area contributed by atoms with Crippen molar-refractivity contribution in [2.75, 3.05) is 0 Å². The SMILES string of the molecule is CC(C)c1ccc(CN(C(=O)Cn2cnc3c(oc4ccccc43)c2=O)C2CC2)cc1. The van der Waals surface area contributed by atoms with Gasteiger partial charge in [0.05, 0.1) is 6.33 Å². The molecule has 0 saturated heterocycles. The smallest absolute Gasteiger partial charge is 0.297 e. The molecule has 6 nitrogen and oxygen atoms in total. The summed E-state index contributed by atoms with van der Waals surface area (Å²) >= 11 is 0. The average Bonchev–Trinajstić information content (AvgIpc) is 3.54. The number of hydrogen-bond acceptors (Lipinski definition) is 4. The van der Waals surface area contributed by atoms with Gasteiger partial charge in [-0.2, -0.15) is 0 Å². The molecule has 158 valence electrons. The number of carbonyl (C=O) groups is 1. The summed E-state index contributed by atoms with van der Waals surface area (Å²) in [5.74, 6) is 0.401. The van der Waals surface area contributed by atoms with Crippen LogP contribution in [0.5, 0.6) is 0 Å². The van der Waals surface area contributed by atoms with Crippen LogP contribution in [0.4, 0.5) is 0 Å². The number of amides is 1. The third kappa shape index (κ3) is 3.74. The van der Waals surface area contributed by atoms with Crippen molar-refractivity contribution in [3.05, 3.63) is 76.3 Å². The van der Waals surface area contributed by atoms with E-state index in [4.69, 9.17) is 4.42 Å². The van der Waals surface area contributed by atoms with Crippen molar-refractivity contribution in [2.45, 2.75) is 51.7 Å². The second-order valence-electron chi connectivity index (χ2n) is 8.60. The average molecular weight is 415 g/mol. The first kappa shape index (κ1) is 19.5. The maximum absolute atomic E-state index is 13.1. The largest absolute Gasteiger partial charge is 0.448 e. The Hall–Kier alpha value is -3.41. The lowest BCUT2D eigenvalue weighted by Gasteiger charge is -2.23. The lowest BCUT2D eigenvalue weighted by atomic mass is 10.0. The van der Waals surface area contributed by atoms with Crippen LogP contribution >= 0.6 is 0 Å². The fraction of sp³-hybridized carbons (Fsp3) is 0.320.